The lowest BCUT2D eigenvalue weighted by atomic mass is 10.2. The van der Waals surface area contributed by atoms with Gasteiger partial charge >= 0.3 is 6.09 Å². The SMILES string of the molecule is CCCCC=CCCNC(=O)OCC(=O)NC. The summed E-state index contributed by atoms with van der Waals surface area (Å²) in [5, 5.41) is 4.92. The molecule has 0 aromatic heterocycles. The molecule has 0 saturated heterocycles. The Morgan fingerprint density at radius 2 is 1.94 bits per heavy atom. The Kier molecular flexibility index (Phi) is 10.00. The number of amides is 2. The summed E-state index contributed by atoms with van der Waals surface area (Å²) in [6, 6.07) is 0. The quantitative estimate of drug-likeness (QED) is 0.502. The lowest BCUT2D eigenvalue weighted by Crippen LogP contribution is -2.30. The summed E-state index contributed by atoms with van der Waals surface area (Å²) in [7, 11) is 1.49. The van der Waals surface area contributed by atoms with Crippen molar-refractivity contribution in [2.24, 2.45) is 0 Å². The minimum Gasteiger partial charge on any atom is -0.439 e. The molecule has 0 radical (unpaired) electrons. The summed E-state index contributed by atoms with van der Waals surface area (Å²) in [4.78, 5) is 21.8. The number of carbonyl (C=O) groups is 2. The predicted molar refractivity (Wildman–Crippen MR) is 66.7 cm³/mol. The average molecular weight is 242 g/mol. The number of ether oxygens (including phenoxy) is 1. The zero-order valence-electron chi connectivity index (χ0n) is 10.6. The molecule has 0 aliphatic carbocycles. The first-order valence-electron chi connectivity index (χ1n) is 5.97. The number of allylic oxidation sites excluding steroid dienone is 1. The van der Waals surface area contributed by atoms with Crippen molar-refractivity contribution in [2.75, 3.05) is 20.2 Å². The number of hydrogen-bond acceptors (Lipinski definition) is 3. The molecule has 17 heavy (non-hydrogen) atoms. The molecule has 5 nitrogen and oxygen atoms in total. The molecular weight excluding hydrogens is 220 g/mol. The van der Waals surface area contributed by atoms with Crippen LogP contribution in [0.15, 0.2) is 12.2 Å². The topological polar surface area (TPSA) is 67.4 Å². The van der Waals surface area contributed by atoms with Gasteiger partial charge < -0.3 is 15.4 Å². The molecule has 0 heterocycles. The van der Waals surface area contributed by atoms with Crippen LogP contribution in [0.5, 0.6) is 0 Å². The Labute approximate surface area is 103 Å². The van der Waals surface area contributed by atoms with Crippen molar-refractivity contribution in [3.8, 4) is 0 Å². The van der Waals surface area contributed by atoms with E-state index in [1.165, 1.54) is 19.9 Å². The third-order valence-electron chi connectivity index (χ3n) is 2.08. The van der Waals surface area contributed by atoms with Crippen LogP contribution in [0.4, 0.5) is 4.79 Å². The lowest BCUT2D eigenvalue weighted by Gasteiger charge is -2.04. The van der Waals surface area contributed by atoms with Crippen molar-refractivity contribution in [2.45, 2.75) is 32.6 Å². The van der Waals surface area contributed by atoms with Gasteiger partial charge in [0, 0.05) is 13.6 Å². The van der Waals surface area contributed by atoms with E-state index >= 15 is 0 Å². The number of hydrogen-bond donors (Lipinski definition) is 2. The molecule has 0 aromatic rings. The fourth-order valence-corrected chi connectivity index (χ4v) is 1.07. The third kappa shape index (κ3) is 10.8. The van der Waals surface area contributed by atoms with Gasteiger partial charge in [-0.3, -0.25) is 4.79 Å². The second-order valence-electron chi connectivity index (χ2n) is 3.58. The van der Waals surface area contributed by atoms with E-state index in [0.29, 0.717) is 6.54 Å². The maximum absolute atomic E-state index is 11.1. The number of carbonyl (C=O) groups excluding carboxylic acids is 2. The molecule has 5 heteroatoms. The molecule has 2 amide bonds. The van der Waals surface area contributed by atoms with Gasteiger partial charge in [0.05, 0.1) is 0 Å². The normalized spacial score (nSPS) is 10.2. The maximum Gasteiger partial charge on any atom is 0.407 e. The highest BCUT2D eigenvalue weighted by Crippen LogP contribution is 1.95. The molecule has 98 valence electrons. The number of alkyl carbamates (subject to hydrolysis) is 1. The molecular formula is C12H22N2O3. The molecule has 0 aliphatic heterocycles. The Hall–Kier alpha value is -1.52. The van der Waals surface area contributed by atoms with Gasteiger partial charge in [-0.25, -0.2) is 4.79 Å². The summed E-state index contributed by atoms with van der Waals surface area (Å²) < 4.78 is 4.65. The van der Waals surface area contributed by atoms with Crippen LogP contribution >= 0.6 is 0 Å². The van der Waals surface area contributed by atoms with Crippen molar-refractivity contribution >= 4 is 12.0 Å². The molecule has 0 fully saturated rings. The van der Waals surface area contributed by atoms with Crippen molar-refractivity contribution < 1.29 is 14.3 Å². The molecule has 0 rings (SSSR count). The molecule has 0 bridgehead atoms. The van der Waals surface area contributed by atoms with Crippen LogP contribution in [0.2, 0.25) is 0 Å². The third-order valence-corrected chi connectivity index (χ3v) is 2.08. The molecule has 0 atom stereocenters. The van der Waals surface area contributed by atoms with Gasteiger partial charge in [-0.2, -0.15) is 0 Å². The summed E-state index contributed by atoms with van der Waals surface area (Å²) in [5.74, 6) is -0.320. The van der Waals surface area contributed by atoms with Crippen LogP contribution in [0.25, 0.3) is 0 Å². The van der Waals surface area contributed by atoms with Crippen LogP contribution < -0.4 is 10.6 Å². The smallest absolute Gasteiger partial charge is 0.407 e. The van der Waals surface area contributed by atoms with Crippen LogP contribution in [0.3, 0.4) is 0 Å². The zero-order chi connectivity index (χ0) is 12.9. The Morgan fingerprint density at radius 1 is 1.24 bits per heavy atom. The fraction of sp³-hybridized carbons (Fsp3) is 0.667. The van der Waals surface area contributed by atoms with E-state index in [-0.39, 0.29) is 12.5 Å². The van der Waals surface area contributed by atoms with Crippen LogP contribution in [0, 0.1) is 0 Å². The van der Waals surface area contributed by atoms with E-state index < -0.39 is 6.09 Å². The summed E-state index contributed by atoms with van der Waals surface area (Å²) >= 11 is 0. The van der Waals surface area contributed by atoms with E-state index in [1.54, 1.807) is 0 Å². The zero-order valence-corrected chi connectivity index (χ0v) is 10.6. The van der Waals surface area contributed by atoms with Gasteiger partial charge in [-0.1, -0.05) is 31.9 Å². The standard InChI is InChI=1S/C12H22N2O3/c1-3-4-5-6-7-8-9-14-12(16)17-10-11(15)13-2/h6-7H,3-5,8-10H2,1-2H3,(H,13,15)(H,14,16). The highest BCUT2D eigenvalue weighted by molar-refractivity contribution is 5.79. The number of nitrogens with one attached hydrogen (secondary N) is 2. The van der Waals surface area contributed by atoms with E-state index in [9.17, 15) is 9.59 Å². The number of likely N-dealkylation sites (N-methyl/N-ethyl adjacent to an activating group) is 1. The highest BCUT2D eigenvalue weighted by Gasteiger charge is 2.03. The Balaban J connectivity index is 3.39. The summed E-state index contributed by atoms with van der Waals surface area (Å²) in [6.07, 6.45) is 7.83. The summed E-state index contributed by atoms with van der Waals surface area (Å²) in [6.45, 7) is 2.43. The monoisotopic (exact) mass is 242 g/mol. The van der Waals surface area contributed by atoms with E-state index in [1.807, 2.05) is 6.08 Å². The van der Waals surface area contributed by atoms with Gasteiger partial charge in [-0.15, -0.1) is 0 Å². The minimum absolute atomic E-state index is 0.241. The van der Waals surface area contributed by atoms with E-state index in [0.717, 1.165) is 12.8 Å². The second-order valence-corrected chi connectivity index (χ2v) is 3.58. The molecule has 0 saturated carbocycles. The lowest BCUT2D eigenvalue weighted by molar-refractivity contribution is -0.123. The maximum atomic E-state index is 11.1. The molecule has 2 N–H and O–H groups in total. The van der Waals surface area contributed by atoms with Crippen molar-refractivity contribution in [1.82, 2.24) is 10.6 Å². The first-order valence-corrected chi connectivity index (χ1v) is 5.97. The Bertz CT molecular complexity index is 252. The van der Waals surface area contributed by atoms with E-state index in [4.69, 9.17) is 0 Å². The van der Waals surface area contributed by atoms with Crippen molar-refractivity contribution in [3.05, 3.63) is 12.2 Å². The minimum atomic E-state index is -0.560. The van der Waals surface area contributed by atoms with Crippen molar-refractivity contribution in [1.29, 1.82) is 0 Å². The number of rotatable bonds is 8. The van der Waals surface area contributed by atoms with Gasteiger partial charge in [0.25, 0.3) is 5.91 Å². The summed E-state index contributed by atoms with van der Waals surface area (Å²) in [5.41, 5.74) is 0. The van der Waals surface area contributed by atoms with Crippen molar-refractivity contribution in [3.63, 3.8) is 0 Å². The van der Waals surface area contributed by atoms with Gasteiger partial charge in [-0.05, 0) is 12.8 Å². The predicted octanol–water partition coefficient (Wildman–Crippen LogP) is 1.60. The van der Waals surface area contributed by atoms with Gasteiger partial charge in [0.1, 0.15) is 0 Å². The molecule has 0 aliphatic rings. The van der Waals surface area contributed by atoms with Gasteiger partial charge in [0.15, 0.2) is 6.61 Å². The first-order chi connectivity index (χ1) is 8.20. The first kappa shape index (κ1) is 15.5. The highest BCUT2D eigenvalue weighted by atomic mass is 16.6. The largest absolute Gasteiger partial charge is 0.439 e. The fourth-order valence-electron chi connectivity index (χ4n) is 1.07. The Morgan fingerprint density at radius 3 is 2.59 bits per heavy atom. The number of unbranched alkanes of at least 4 members (excludes halogenated alkanes) is 2. The molecule has 0 spiro atoms. The van der Waals surface area contributed by atoms with Crippen LogP contribution in [-0.2, 0) is 9.53 Å². The van der Waals surface area contributed by atoms with E-state index in [2.05, 4.69) is 28.4 Å². The second kappa shape index (κ2) is 11.0. The average Bonchev–Trinajstić information content (AvgIpc) is 2.34. The van der Waals surface area contributed by atoms with Crippen LogP contribution in [-0.4, -0.2) is 32.2 Å². The molecule has 0 unspecified atom stereocenters. The molecule has 0 aromatic carbocycles. The van der Waals surface area contributed by atoms with Gasteiger partial charge in [0.2, 0.25) is 0 Å². The van der Waals surface area contributed by atoms with Crippen LogP contribution in [0.1, 0.15) is 32.6 Å².